The van der Waals surface area contributed by atoms with Gasteiger partial charge < -0.3 is 29.0 Å². The smallest absolute Gasteiger partial charge is 0.253 e. The highest BCUT2D eigenvalue weighted by molar-refractivity contribution is 5.88. The lowest BCUT2D eigenvalue weighted by Gasteiger charge is -2.30. The van der Waals surface area contributed by atoms with Crippen LogP contribution in [0, 0.1) is 0 Å². The molecule has 29 heavy (non-hydrogen) atoms. The van der Waals surface area contributed by atoms with E-state index in [4.69, 9.17) is 14.2 Å². The van der Waals surface area contributed by atoms with Crippen molar-refractivity contribution in [3.63, 3.8) is 0 Å². The number of aryl methyl sites for hydroxylation is 1. The van der Waals surface area contributed by atoms with Gasteiger partial charge in [-0.15, -0.1) is 0 Å². The van der Waals surface area contributed by atoms with Crippen LogP contribution in [0.1, 0.15) is 24.8 Å². The first kappa shape index (κ1) is 20.1. The summed E-state index contributed by atoms with van der Waals surface area (Å²) in [5.41, 5.74) is 1.95. The van der Waals surface area contributed by atoms with Crippen molar-refractivity contribution in [3.05, 3.63) is 24.0 Å². The van der Waals surface area contributed by atoms with E-state index in [0.717, 1.165) is 54.7 Å². The van der Waals surface area contributed by atoms with E-state index in [1.807, 2.05) is 11.0 Å². The summed E-state index contributed by atoms with van der Waals surface area (Å²) < 4.78 is 18.7. The Kier molecular flexibility index (Phi) is 6.32. The molecule has 1 amide bonds. The number of carbonyl (C=O) groups is 1. The maximum absolute atomic E-state index is 13.2. The highest BCUT2D eigenvalue weighted by atomic mass is 16.5. The van der Waals surface area contributed by atoms with Crippen LogP contribution in [0.5, 0.6) is 5.75 Å². The number of aromatic nitrogens is 2. The Bertz CT molecular complexity index is 843. The van der Waals surface area contributed by atoms with Gasteiger partial charge in [-0.1, -0.05) is 0 Å². The van der Waals surface area contributed by atoms with E-state index in [1.165, 1.54) is 0 Å². The Morgan fingerprint density at radius 1 is 1.41 bits per heavy atom. The Hall–Kier alpha value is -2.16. The minimum atomic E-state index is -0.403. The summed E-state index contributed by atoms with van der Waals surface area (Å²) in [6, 6.07) is 2.17. The molecule has 2 fully saturated rings. The molecule has 2 aliphatic rings. The zero-order valence-electron chi connectivity index (χ0n) is 17.2. The zero-order valence-corrected chi connectivity index (χ0v) is 17.2. The quantitative estimate of drug-likeness (QED) is 0.642. The fourth-order valence-corrected chi connectivity index (χ4v) is 3.97. The van der Waals surface area contributed by atoms with Gasteiger partial charge in [-0.05, 0) is 25.3 Å². The lowest BCUT2D eigenvalue weighted by molar-refractivity contribution is -0.146. The summed E-state index contributed by atoms with van der Waals surface area (Å²) in [6.45, 7) is 3.98. The molecule has 1 saturated heterocycles. The van der Waals surface area contributed by atoms with Gasteiger partial charge in [0.05, 0.1) is 19.1 Å². The minimum absolute atomic E-state index is 0.0721. The molecule has 1 saturated carbocycles. The fraction of sp³-hybridized carbons (Fsp3) is 0.619. The molecule has 4 rings (SSSR count). The molecule has 0 bridgehead atoms. The number of pyridine rings is 1. The third-order valence-electron chi connectivity index (χ3n) is 5.58. The van der Waals surface area contributed by atoms with Gasteiger partial charge in [0.15, 0.2) is 0 Å². The highest BCUT2D eigenvalue weighted by Crippen LogP contribution is 2.34. The van der Waals surface area contributed by atoms with E-state index in [0.29, 0.717) is 32.3 Å². The molecule has 1 aliphatic carbocycles. The van der Waals surface area contributed by atoms with Gasteiger partial charge in [-0.25, -0.2) is 4.98 Å². The molecule has 8 heteroatoms. The first-order chi connectivity index (χ1) is 14.2. The largest absolute Gasteiger partial charge is 0.496 e. The Morgan fingerprint density at radius 2 is 2.28 bits per heavy atom. The number of morpholine rings is 1. The second-order valence-corrected chi connectivity index (χ2v) is 7.67. The van der Waals surface area contributed by atoms with Crippen LogP contribution in [-0.4, -0.2) is 73.0 Å². The predicted molar refractivity (Wildman–Crippen MR) is 109 cm³/mol. The summed E-state index contributed by atoms with van der Waals surface area (Å²) in [4.78, 5) is 19.8. The van der Waals surface area contributed by atoms with E-state index < -0.39 is 6.10 Å². The van der Waals surface area contributed by atoms with Crippen LogP contribution < -0.4 is 10.1 Å². The number of amides is 1. The standard InChI is InChI=1S/C21H30N4O4/c1-27-10-3-9-24-13-15(19-17(28-2)6-7-23-20(19)24)14-25(16-4-5-16)21(26)18-12-22-8-11-29-18/h6-7,13,16,18,22H,3-5,8-12,14H2,1-2H3. The van der Waals surface area contributed by atoms with Gasteiger partial charge in [0, 0.05) is 63.9 Å². The van der Waals surface area contributed by atoms with Gasteiger partial charge >= 0.3 is 0 Å². The van der Waals surface area contributed by atoms with E-state index >= 15 is 0 Å². The van der Waals surface area contributed by atoms with Crippen molar-refractivity contribution in [1.29, 1.82) is 0 Å². The number of carbonyl (C=O) groups excluding carboxylic acids is 1. The van der Waals surface area contributed by atoms with E-state index in [2.05, 4.69) is 21.1 Å². The van der Waals surface area contributed by atoms with Crippen molar-refractivity contribution in [2.45, 2.75) is 44.5 Å². The normalized spacial score (nSPS) is 19.4. The van der Waals surface area contributed by atoms with Crippen LogP contribution in [0.4, 0.5) is 0 Å². The number of fused-ring (bicyclic) bond motifs is 1. The first-order valence-corrected chi connectivity index (χ1v) is 10.4. The molecular weight excluding hydrogens is 372 g/mol. The molecule has 0 radical (unpaired) electrons. The van der Waals surface area contributed by atoms with Crippen molar-refractivity contribution >= 4 is 16.9 Å². The number of hydrogen-bond acceptors (Lipinski definition) is 6. The molecule has 1 aliphatic heterocycles. The van der Waals surface area contributed by atoms with Gasteiger partial charge in [-0.3, -0.25) is 4.79 Å². The van der Waals surface area contributed by atoms with Crippen LogP contribution in [0.3, 0.4) is 0 Å². The molecule has 158 valence electrons. The SMILES string of the molecule is COCCCn1cc(CN(C(=O)C2CNCCO2)C2CC2)c2c(OC)ccnc21. The highest BCUT2D eigenvalue weighted by Gasteiger charge is 2.37. The molecule has 3 heterocycles. The average molecular weight is 402 g/mol. The van der Waals surface area contributed by atoms with Crippen molar-refractivity contribution < 1.29 is 19.0 Å². The Balaban J connectivity index is 1.63. The molecule has 0 aromatic carbocycles. The monoisotopic (exact) mass is 402 g/mol. The average Bonchev–Trinajstić information content (AvgIpc) is 3.55. The molecule has 2 aromatic rings. The molecular formula is C21H30N4O4. The van der Waals surface area contributed by atoms with Gasteiger partial charge in [0.1, 0.15) is 17.5 Å². The predicted octanol–water partition coefficient (Wildman–Crippen LogP) is 1.56. The topological polar surface area (TPSA) is 77.9 Å². The second kappa shape index (κ2) is 9.11. The molecule has 0 spiro atoms. The van der Waals surface area contributed by atoms with E-state index in [-0.39, 0.29) is 5.91 Å². The van der Waals surface area contributed by atoms with Crippen molar-refractivity contribution in [2.75, 3.05) is 40.5 Å². The van der Waals surface area contributed by atoms with Crippen LogP contribution in [0.15, 0.2) is 18.5 Å². The zero-order chi connectivity index (χ0) is 20.2. The number of ether oxygens (including phenoxy) is 3. The van der Waals surface area contributed by atoms with Gasteiger partial charge in [0.2, 0.25) is 0 Å². The molecule has 1 atom stereocenters. The van der Waals surface area contributed by atoms with Crippen LogP contribution in [0.2, 0.25) is 0 Å². The molecule has 1 N–H and O–H groups in total. The number of methoxy groups -OCH3 is 2. The Morgan fingerprint density at radius 3 is 2.97 bits per heavy atom. The summed E-state index contributed by atoms with van der Waals surface area (Å²) in [6.07, 6.45) is 6.47. The van der Waals surface area contributed by atoms with Crippen LogP contribution >= 0.6 is 0 Å². The maximum Gasteiger partial charge on any atom is 0.253 e. The Labute approximate surface area is 171 Å². The number of hydrogen-bond donors (Lipinski definition) is 1. The minimum Gasteiger partial charge on any atom is -0.496 e. The second-order valence-electron chi connectivity index (χ2n) is 7.67. The summed E-state index contributed by atoms with van der Waals surface area (Å²) in [5, 5.41) is 4.24. The summed E-state index contributed by atoms with van der Waals surface area (Å²) in [5.74, 6) is 0.858. The summed E-state index contributed by atoms with van der Waals surface area (Å²) in [7, 11) is 3.38. The van der Waals surface area contributed by atoms with Gasteiger partial charge in [0.25, 0.3) is 5.91 Å². The molecule has 1 unspecified atom stereocenters. The number of nitrogens with one attached hydrogen (secondary N) is 1. The summed E-state index contributed by atoms with van der Waals surface area (Å²) >= 11 is 0. The lowest BCUT2D eigenvalue weighted by atomic mass is 10.1. The van der Waals surface area contributed by atoms with E-state index in [9.17, 15) is 4.79 Å². The fourth-order valence-electron chi connectivity index (χ4n) is 3.97. The van der Waals surface area contributed by atoms with Crippen molar-refractivity contribution in [2.24, 2.45) is 0 Å². The van der Waals surface area contributed by atoms with Crippen LogP contribution in [0.25, 0.3) is 11.0 Å². The lowest BCUT2D eigenvalue weighted by Crippen LogP contribution is -2.49. The number of nitrogens with zero attached hydrogens (tertiary/aromatic N) is 3. The van der Waals surface area contributed by atoms with Crippen molar-refractivity contribution in [3.8, 4) is 5.75 Å². The maximum atomic E-state index is 13.2. The third-order valence-corrected chi connectivity index (χ3v) is 5.58. The first-order valence-electron chi connectivity index (χ1n) is 10.4. The van der Waals surface area contributed by atoms with Crippen LogP contribution in [-0.2, 0) is 27.4 Å². The van der Waals surface area contributed by atoms with Crippen molar-refractivity contribution in [1.82, 2.24) is 19.8 Å². The third kappa shape index (κ3) is 4.39. The number of rotatable bonds is 9. The molecule has 2 aromatic heterocycles. The van der Waals surface area contributed by atoms with Gasteiger partial charge in [-0.2, -0.15) is 0 Å². The van der Waals surface area contributed by atoms with E-state index in [1.54, 1.807) is 20.4 Å². The molecule has 8 nitrogen and oxygen atoms in total.